The van der Waals surface area contributed by atoms with Crippen molar-refractivity contribution in [1.82, 2.24) is 5.32 Å². The van der Waals surface area contributed by atoms with E-state index in [9.17, 15) is 5.11 Å². The normalized spacial score (nSPS) is 17.4. The Kier molecular flexibility index (Phi) is 4.06. The number of hydrogen-bond donors (Lipinski definition) is 2. The van der Waals surface area contributed by atoms with E-state index in [2.05, 4.69) is 19.2 Å². The molecule has 2 rings (SSSR count). The quantitative estimate of drug-likeness (QED) is 0.791. The number of phenols is 1. The van der Waals surface area contributed by atoms with Crippen LogP contribution >= 0.6 is 0 Å². The molecule has 0 saturated heterocycles. The van der Waals surface area contributed by atoms with E-state index in [-0.39, 0.29) is 0 Å². The minimum Gasteiger partial charge on any atom is -0.508 e. The van der Waals surface area contributed by atoms with Gasteiger partial charge < -0.3 is 10.4 Å². The molecule has 94 valence electrons. The fraction of sp³-hybridized carbons (Fsp3) is 0.600. The monoisotopic (exact) mass is 233 g/mol. The van der Waals surface area contributed by atoms with E-state index in [1.54, 1.807) is 12.1 Å². The molecule has 1 aliphatic carbocycles. The molecule has 17 heavy (non-hydrogen) atoms. The Balaban J connectivity index is 1.88. The summed E-state index contributed by atoms with van der Waals surface area (Å²) >= 11 is 0. The maximum absolute atomic E-state index is 9.27. The zero-order chi connectivity index (χ0) is 12.3. The van der Waals surface area contributed by atoms with Crippen LogP contribution in [0.4, 0.5) is 0 Å². The first kappa shape index (κ1) is 12.4. The molecule has 1 aromatic rings. The van der Waals surface area contributed by atoms with Gasteiger partial charge in [0.1, 0.15) is 5.75 Å². The van der Waals surface area contributed by atoms with E-state index in [1.165, 1.54) is 18.4 Å². The molecule has 0 amide bonds. The van der Waals surface area contributed by atoms with E-state index in [0.29, 0.717) is 17.6 Å². The number of phenolic OH excluding ortho intramolecular Hbond substituents is 1. The number of rotatable bonds is 6. The zero-order valence-corrected chi connectivity index (χ0v) is 10.8. The van der Waals surface area contributed by atoms with Gasteiger partial charge in [-0.1, -0.05) is 26.0 Å². The van der Waals surface area contributed by atoms with E-state index >= 15 is 0 Å². The molecule has 1 aliphatic rings. The van der Waals surface area contributed by atoms with Crippen LogP contribution in [-0.4, -0.2) is 17.7 Å². The van der Waals surface area contributed by atoms with Crippen LogP contribution < -0.4 is 5.32 Å². The van der Waals surface area contributed by atoms with Gasteiger partial charge in [0.05, 0.1) is 0 Å². The van der Waals surface area contributed by atoms with E-state index in [1.807, 2.05) is 12.1 Å². The summed E-state index contributed by atoms with van der Waals surface area (Å²) < 4.78 is 0. The molecule has 1 unspecified atom stereocenters. The Hall–Kier alpha value is -1.02. The molecule has 1 aromatic carbocycles. The molecule has 2 heteroatoms. The average molecular weight is 233 g/mol. The topological polar surface area (TPSA) is 32.3 Å². The van der Waals surface area contributed by atoms with Crippen molar-refractivity contribution in [2.24, 2.45) is 11.8 Å². The van der Waals surface area contributed by atoms with Gasteiger partial charge in [0.2, 0.25) is 0 Å². The summed E-state index contributed by atoms with van der Waals surface area (Å²) in [6.45, 7) is 5.70. The second-order valence-electron chi connectivity index (χ2n) is 5.56. The second-order valence-corrected chi connectivity index (χ2v) is 5.56. The first-order chi connectivity index (χ1) is 8.15. The summed E-state index contributed by atoms with van der Waals surface area (Å²) in [4.78, 5) is 0. The largest absolute Gasteiger partial charge is 0.508 e. The van der Waals surface area contributed by atoms with E-state index < -0.39 is 0 Å². The molecule has 0 radical (unpaired) electrons. The standard InChI is InChI=1S/C15H23NO/c1-11(2)13(10-16-14-5-6-14)9-12-3-7-15(17)8-4-12/h3-4,7-8,11,13-14,16-17H,5-6,9-10H2,1-2H3. The Morgan fingerprint density at radius 3 is 2.41 bits per heavy atom. The summed E-state index contributed by atoms with van der Waals surface area (Å²) in [6.07, 6.45) is 3.80. The van der Waals surface area contributed by atoms with Crippen molar-refractivity contribution >= 4 is 0 Å². The fourth-order valence-corrected chi connectivity index (χ4v) is 2.08. The van der Waals surface area contributed by atoms with Gasteiger partial charge in [-0.2, -0.15) is 0 Å². The lowest BCUT2D eigenvalue weighted by Gasteiger charge is -2.21. The number of hydrogen-bond acceptors (Lipinski definition) is 2. The van der Waals surface area contributed by atoms with Crippen LogP contribution in [0.3, 0.4) is 0 Å². The van der Waals surface area contributed by atoms with Crippen molar-refractivity contribution in [2.75, 3.05) is 6.54 Å². The number of aromatic hydroxyl groups is 1. The molecule has 2 N–H and O–H groups in total. The van der Waals surface area contributed by atoms with Gasteiger partial charge in [-0.3, -0.25) is 0 Å². The molecule has 1 fully saturated rings. The number of benzene rings is 1. The predicted octanol–water partition coefficient (Wildman–Crippen LogP) is 2.96. The first-order valence-electron chi connectivity index (χ1n) is 6.66. The van der Waals surface area contributed by atoms with Crippen molar-refractivity contribution < 1.29 is 5.11 Å². The highest BCUT2D eigenvalue weighted by Crippen LogP contribution is 2.22. The minimum absolute atomic E-state index is 0.353. The van der Waals surface area contributed by atoms with Crippen LogP contribution in [0.25, 0.3) is 0 Å². The molecule has 1 saturated carbocycles. The van der Waals surface area contributed by atoms with E-state index in [0.717, 1.165) is 19.0 Å². The molecule has 0 bridgehead atoms. The Bertz CT molecular complexity index is 340. The lowest BCUT2D eigenvalue weighted by molar-refractivity contribution is 0.359. The maximum Gasteiger partial charge on any atom is 0.115 e. The fourth-order valence-electron chi connectivity index (χ4n) is 2.08. The highest BCUT2D eigenvalue weighted by atomic mass is 16.3. The molecule has 0 aromatic heterocycles. The van der Waals surface area contributed by atoms with Crippen LogP contribution in [-0.2, 0) is 6.42 Å². The van der Waals surface area contributed by atoms with Gasteiger partial charge in [0, 0.05) is 6.04 Å². The molecular weight excluding hydrogens is 210 g/mol. The predicted molar refractivity (Wildman–Crippen MR) is 71.2 cm³/mol. The highest BCUT2D eigenvalue weighted by molar-refractivity contribution is 5.26. The summed E-state index contributed by atoms with van der Waals surface area (Å²) in [5.74, 6) is 1.72. The second kappa shape index (κ2) is 5.54. The summed E-state index contributed by atoms with van der Waals surface area (Å²) in [7, 11) is 0. The van der Waals surface area contributed by atoms with Crippen LogP contribution in [0.5, 0.6) is 5.75 Å². The van der Waals surface area contributed by atoms with Crippen molar-refractivity contribution in [2.45, 2.75) is 39.2 Å². The molecule has 0 spiro atoms. The van der Waals surface area contributed by atoms with Gasteiger partial charge >= 0.3 is 0 Å². The molecule has 2 nitrogen and oxygen atoms in total. The third-order valence-corrected chi connectivity index (χ3v) is 3.62. The summed E-state index contributed by atoms with van der Waals surface area (Å²) in [5.41, 5.74) is 1.32. The lowest BCUT2D eigenvalue weighted by atomic mass is 9.89. The van der Waals surface area contributed by atoms with Crippen LogP contribution in [0.15, 0.2) is 24.3 Å². The van der Waals surface area contributed by atoms with Gasteiger partial charge in [-0.25, -0.2) is 0 Å². The van der Waals surface area contributed by atoms with Crippen molar-refractivity contribution in [3.8, 4) is 5.75 Å². The average Bonchev–Trinajstić information content (AvgIpc) is 3.10. The van der Waals surface area contributed by atoms with E-state index in [4.69, 9.17) is 0 Å². The molecule has 1 atom stereocenters. The SMILES string of the molecule is CC(C)C(CNC1CC1)Cc1ccc(O)cc1. The van der Waals surface area contributed by atoms with Crippen LogP contribution in [0, 0.1) is 11.8 Å². The lowest BCUT2D eigenvalue weighted by Crippen LogP contribution is -2.29. The van der Waals surface area contributed by atoms with Crippen LogP contribution in [0.1, 0.15) is 32.3 Å². The molecule has 0 aliphatic heterocycles. The minimum atomic E-state index is 0.353. The van der Waals surface area contributed by atoms with Crippen LogP contribution in [0.2, 0.25) is 0 Å². The molecule has 0 heterocycles. The van der Waals surface area contributed by atoms with Crippen molar-refractivity contribution in [3.05, 3.63) is 29.8 Å². The first-order valence-corrected chi connectivity index (χ1v) is 6.66. The third-order valence-electron chi connectivity index (χ3n) is 3.62. The number of nitrogens with one attached hydrogen (secondary N) is 1. The highest BCUT2D eigenvalue weighted by Gasteiger charge is 2.23. The third kappa shape index (κ3) is 4.04. The Morgan fingerprint density at radius 2 is 1.88 bits per heavy atom. The van der Waals surface area contributed by atoms with Crippen molar-refractivity contribution in [1.29, 1.82) is 0 Å². The van der Waals surface area contributed by atoms with Gasteiger partial charge in [-0.15, -0.1) is 0 Å². The Morgan fingerprint density at radius 1 is 1.24 bits per heavy atom. The zero-order valence-electron chi connectivity index (χ0n) is 10.8. The Labute approximate surface area is 104 Å². The summed E-state index contributed by atoms with van der Waals surface area (Å²) in [6, 6.07) is 8.40. The molecular formula is C15H23NO. The smallest absolute Gasteiger partial charge is 0.115 e. The summed E-state index contributed by atoms with van der Waals surface area (Å²) in [5, 5.41) is 12.9. The van der Waals surface area contributed by atoms with Gasteiger partial charge in [0.25, 0.3) is 0 Å². The maximum atomic E-state index is 9.27. The van der Waals surface area contributed by atoms with Gasteiger partial charge in [-0.05, 0) is 55.3 Å². The van der Waals surface area contributed by atoms with Crippen molar-refractivity contribution in [3.63, 3.8) is 0 Å². The van der Waals surface area contributed by atoms with Gasteiger partial charge in [0.15, 0.2) is 0 Å².